The minimum atomic E-state index is -3.41. The van der Waals surface area contributed by atoms with Gasteiger partial charge >= 0.3 is 0 Å². The van der Waals surface area contributed by atoms with Crippen LogP contribution in [0.5, 0.6) is 5.75 Å². The number of rotatable bonds is 6. The first-order valence-electron chi connectivity index (χ1n) is 7.16. The highest BCUT2D eigenvalue weighted by molar-refractivity contribution is 7.91. The van der Waals surface area contributed by atoms with Crippen molar-refractivity contribution >= 4 is 21.4 Å². The van der Waals surface area contributed by atoms with E-state index in [1.165, 1.54) is 16.9 Å². The van der Waals surface area contributed by atoms with Gasteiger partial charge in [0.1, 0.15) is 9.96 Å². The Morgan fingerprint density at radius 1 is 1.18 bits per heavy atom. The lowest BCUT2D eigenvalue weighted by molar-refractivity contribution is 0.414. The van der Waals surface area contributed by atoms with Crippen LogP contribution in [0.25, 0.3) is 0 Å². The number of hydrogen-bond donors (Lipinski definition) is 1. The lowest BCUT2D eigenvalue weighted by Crippen LogP contribution is -2.31. The molecule has 1 saturated carbocycles. The standard InChI is InChI=1S/C16H19NO3S2/c1-12-3-8-15(21-12)22(18,19)17-11-16(9-10-16)13-4-6-14(20-2)7-5-13/h3-8,17H,9-11H2,1-2H3. The summed E-state index contributed by atoms with van der Waals surface area (Å²) < 4.78 is 33.0. The molecule has 0 aliphatic heterocycles. The second-order valence-corrected chi connectivity index (χ2v) is 8.98. The van der Waals surface area contributed by atoms with Crippen LogP contribution in [0.4, 0.5) is 0 Å². The minimum Gasteiger partial charge on any atom is -0.497 e. The van der Waals surface area contributed by atoms with E-state index in [9.17, 15) is 8.42 Å². The van der Waals surface area contributed by atoms with Crippen LogP contribution in [-0.2, 0) is 15.4 Å². The molecule has 0 atom stereocenters. The number of hydrogen-bond acceptors (Lipinski definition) is 4. The number of nitrogens with one attached hydrogen (secondary N) is 1. The summed E-state index contributed by atoms with van der Waals surface area (Å²) in [5.74, 6) is 0.814. The second kappa shape index (κ2) is 5.68. The van der Waals surface area contributed by atoms with Crippen molar-refractivity contribution in [2.75, 3.05) is 13.7 Å². The van der Waals surface area contributed by atoms with E-state index >= 15 is 0 Å². The Kier molecular flexibility index (Phi) is 4.01. The summed E-state index contributed by atoms with van der Waals surface area (Å²) in [4.78, 5) is 0.997. The van der Waals surface area contributed by atoms with Gasteiger partial charge in [-0.1, -0.05) is 12.1 Å². The van der Waals surface area contributed by atoms with Gasteiger partial charge in [0.25, 0.3) is 0 Å². The summed E-state index contributed by atoms with van der Waals surface area (Å²) in [6.07, 6.45) is 2.01. The van der Waals surface area contributed by atoms with Gasteiger partial charge in [0.15, 0.2) is 0 Å². The molecule has 1 N–H and O–H groups in total. The number of aryl methyl sites for hydroxylation is 1. The van der Waals surface area contributed by atoms with Gasteiger partial charge < -0.3 is 4.74 Å². The molecule has 0 amide bonds. The monoisotopic (exact) mass is 337 g/mol. The van der Waals surface area contributed by atoms with Crippen LogP contribution >= 0.6 is 11.3 Å². The fourth-order valence-corrected chi connectivity index (χ4v) is 4.98. The smallest absolute Gasteiger partial charge is 0.250 e. The van der Waals surface area contributed by atoms with E-state index in [1.54, 1.807) is 13.2 Å². The highest BCUT2D eigenvalue weighted by Gasteiger charge is 2.44. The molecule has 22 heavy (non-hydrogen) atoms. The van der Waals surface area contributed by atoms with Crippen molar-refractivity contribution in [2.45, 2.75) is 29.4 Å². The lowest BCUT2D eigenvalue weighted by Gasteiger charge is -2.16. The van der Waals surface area contributed by atoms with Gasteiger partial charge in [0.2, 0.25) is 10.0 Å². The van der Waals surface area contributed by atoms with Gasteiger partial charge in [-0.05, 0) is 49.6 Å². The first kappa shape index (κ1) is 15.5. The Morgan fingerprint density at radius 3 is 2.36 bits per heavy atom. The fraction of sp³-hybridized carbons (Fsp3) is 0.375. The highest BCUT2D eigenvalue weighted by Crippen LogP contribution is 2.48. The molecule has 0 bridgehead atoms. The van der Waals surface area contributed by atoms with E-state index in [0.29, 0.717) is 10.8 Å². The fourth-order valence-electron chi connectivity index (χ4n) is 2.52. The third-order valence-corrected chi connectivity index (χ3v) is 7.03. The first-order valence-corrected chi connectivity index (χ1v) is 9.46. The van der Waals surface area contributed by atoms with Crippen LogP contribution in [0.3, 0.4) is 0 Å². The van der Waals surface area contributed by atoms with Crippen molar-refractivity contribution in [3.8, 4) is 5.75 Å². The molecule has 6 heteroatoms. The maximum absolute atomic E-state index is 12.3. The minimum absolute atomic E-state index is 0.0638. The Balaban J connectivity index is 1.72. The number of benzene rings is 1. The maximum Gasteiger partial charge on any atom is 0.250 e. The SMILES string of the molecule is COc1ccc(C2(CNS(=O)(=O)c3ccc(C)s3)CC2)cc1. The highest BCUT2D eigenvalue weighted by atomic mass is 32.2. The molecule has 1 heterocycles. The van der Waals surface area contributed by atoms with E-state index < -0.39 is 10.0 Å². The maximum atomic E-state index is 12.3. The average molecular weight is 337 g/mol. The van der Waals surface area contributed by atoms with Crippen molar-refractivity contribution < 1.29 is 13.2 Å². The van der Waals surface area contributed by atoms with Gasteiger partial charge in [0, 0.05) is 16.8 Å². The predicted molar refractivity (Wildman–Crippen MR) is 88.2 cm³/mol. The van der Waals surface area contributed by atoms with Gasteiger partial charge in [-0.2, -0.15) is 0 Å². The van der Waals surface area contributed by atoms with Crippen LogP contribution < -0.4 is 9.46 Å². The van der Waals surface area contributed by atoms with E-state index in [4.69, 9.17) is 4.74 Å². The first-order chi connectivity index (χ1) is 10.5. The Bertz CT molecular complexity index is 759. The molecule has 1 fully saturated rings. The summed E-state index contributed by atoms with van der Waals surface area (Å²) in [5.41, 5.74) is 1.10. The summed E-state index contributed by atoms with van der Waals surface area (Å²) in [6, 6.07) is 11.4. The second-order valence-electron chi connectivity index (χ2n) is 5.70. The van der Waals surface area contributed by atoms with Crippen molar-refractivity contribution in [1.29, 1.82) is 0 Å². The van der Waals surface area contributed by atoms with Crippen molar-refractivity contribution in [1.82, 2.24) is 4.72 Å². The molecule has 118 valence electrons. The molecule has 3 rings (SSSR count). The lowest BCUT2D eigenvalue weighted by atomic mass is 9.96. The Hall–Kier alpha value is -1.37. The third-order valence-electron chi connectivity index (χ3n) is 4.14. The molecule has 0 radical (unpaired) electrons. The Morgan fingerprint density at radius 2 is 1.86 bits per heavy atom. The molecule has 1 aliphatic carbocycles. The molecule has 4 nitrogen and oxygen atoms in total. The Labute approximate surface area is 135 Å². The zero-order chi connectivity index (χ0) is 15.8. The number of sulfonamides is 1. The largest absolute Gasteiger partial charge is 0.497 e. The van der Waals surface area contributed by atoms with E-state index in [-0.39, 0.29) is 5.41 Å². The van der Waals surface area contributed by atoms with E-state index in [1.807, 2.05) is 37.3 Å². The summed E-state index contributed by atoms with van der Waals surface area (Å²) in [6.45, 7) is 2.35. The normalized spacial score (nSPS) is 16.5. The van der Waals surface area contributed by atoms with Crippen molar-refractivity contribution in [3.05, 3.63) is 46.8 Å². The average Bonchev–Trinajstić information content (AvgIpc) is 3.19. The molecular weight excluding hydrogens is 318 g/mol. The number of ether oxygens (including phenoxy) is 1. The molecule has 1 aromatic carbocycles. The van der Waals surface area contributed by atoms with Gasteiger partial charge in [-0.25, -0.2) is 13.1 Å². The van der Waals surface area contributed by atoms with Crippen LogP contribution in [0.15, 0.2) is 40.6 Å². The van der Waals surface area contributed by atoms with Crippen molar-refractivity contribution in [2.24, 2.45) is 0 Å². The third kappa shape index (κ3) is 3.04. The number of methoxy groups -OCH3 is 1. The van der Waals surface area contributed by atoms with Crippen LogP contribution in [0.1, 0.15) is 23.3 Å². The zero-order valence-corrected chi connectivity index (χ0v) is 14.3. The van der Waals surface area contributed by atoms with Gasteiger partial charge in [-0.3, -0.25) is 0 Å². The number of thiophene rings is 1. The van der Waals surface area contributed by atoms with Crippen LogP contribution in [0.2, 0.25) is 0 Å². The molecular formula is C16H19NO3S2. The van der Waals surface area contributed by atoms with Crippen molar-refractivity contribution in [3.63, 3.8) is 0 Å². The van der Waals surface area contributed by atoms with E-state index in [0.717, 1.165) is 23.5 Å². The molecule has 2 aromatic rings. The quantitative estimate of drug-likeness (QED) is 0.881. The molecule has 0 saturated heterocycles. The summed E-state index contributed by atoms with van der Waals surface area (Å²) >= 11 is 1.30. The van der Waals surface area contributed by atoms with Gasteiger partial charge in [-0.15, -0.1) is 11.3 Å². The van der Waals surface area contributed by atoms with Crippen LogP contribution in [-0.4, -0.2) is 22.1 Å². The summed E-state index contributed by atoms with van der Waals surface area (Å²) in [7, 11) is -1.77. The van der Waals surface area contributed by atoms with Gasteiger partial charge in [0.05, 0.1) is 7.11 Å². The van der Waals surface area contributed by atoms with Crippen LogP contribution in [0, 0.1) is 6.92 Å². The molecule has 1 aromatic heterocycles. The zero-order valence-electron chi connectivity index (χ0n) is 12.6. The molecule has 0 spiro atoms. The van der Waals surface area contributed by atoms with E-state index in [2.05, 4.69) is 4.72 Å². The predicted octanol–water partition coefficient (Wildman–Crippen LogP) is 3.08. The molecule has 1 aliphatic rings. The summed E-state index contributed by atoms with van der Waals surface area (Å²) in [5, 5.41) is 0. The topological polar surface area (TPSA) is 55.4 Å². The molecule has 0 unspecified atom stereocenters.